The summed E-state index contributed by atoms with van der Waals surface area (Å²) in [5.74, 6) is -0.241. The standard InChI is InChI=1S/C14H16FNO2/c1-9-5-6-18-14(9)13(17)12(8-16)10-3-2-4-11(15)7-10/h2-7,12-13,17H,8,16H2,1H3. The Labute approximate surface area is 105 Å². The Morgan fingerprint density at radius 2 is 2.17 bits per heavy atom. The molecule has 0 aliphatic carbocycles. The van der Waals surface area contributed by atoms with Crippen molar-refractivity contribution in [3.05, 3.63) is 59.3 Å². The van der Waals surface area contributed by atoms with Crippen molar-refractivity contribution in [2.24, 2.45) is 5.73 Å². The van der Waals surface area contributed by atoms with Gasteiger partial charge in [-0.15, -0.1) is 0 Å². The molecular weight excluding hydrogens is 233 g/mol. The summed E-state index contributed by atoms with van der Waals surface area (Å²) in [5.41, 5.74) is 7.21. The van der Waals surface area contributed by atoms with E-state index in [1.54, 1.807) is 18.2 Å². The lowest BCUT2D eigenvalue weighted by Crippen LogP contribution is -2.20. The van der Waals surface area contributed by atoms with Crippen molar-refractivity contribution < 1.29 is 13.9 Å². The molecule has 0 saturated heterocycles. The van der Waals surface area contributed by atoms with Crippen molar-refractivity contribution >= 4 is 0 Å². The fourth-order valence-corrected chi connectivity index (χ4v) is 2.05. The summed E-state index contributed by atoms with van der Waals surface area (Å²) in [6.07, 6.45) is 0.652. The van der Waals surface area contributed by atoms with Crippen molar-refractivity contribution in [2.45, 2.75) is 18.9 Å². The molecule has 1 aromatic carbocycles. The minimum atomic E-state index is -0.869. The molecule has 96 valence electrons. The molecule has 1 aromatic heterocycles. The largest absolute Gasteiger partial charge is 0.466 e. The lowest BCUT2D eigenvalue weighted by molar-refractivity contribution is 0.121. The van der Waals surface area contributed by atoms with Gasteiger partial charge in [0.1, 0.15) is 17.7 Å². The molecule has 0 aliphatic heterocycles. The number of hydrogen-bond donors (Lipinski definition) is 2. The number of aliphatic hydroxyl groups excluding tert-OH is 1. The smallest absolute Gasteiger partial charge is 0.135 e. The van der Waals surface area contributed by atoms with Gasteiger partial charge >= 0.3 is 0 Å². The zero-order valence-electron chi connectivity index (χ0n) is 10.1. The highest BCUT2D eigenvalue weighted by atomic mass is 19.1. The van der Waals surface area contributed by atoms with Crippen molar-refractivity contribution in [2.75, 3.05) is 6.54 Å². The number of hydrogen-bond acceptors (Lipinski definition) is 3. The predicted molar refractivity (Wildman–Crippen MR) is 66.6 cm³/mol. The van der Waals surface area contributed by atoms with Gasteiger partial charge in [-0.1, -0.05) is 12.1 Å². The van der Waals surface area contributed by atoms with Crippen LogP contribution in [0.2, 0.25) is 0 Å². The average Bonchev–Trinajstić information content (AvgIpc) is 2.76. The van der Waals surface area contributed by atoms with E-state index >= 15 is 0 Å². The van der Waals surface area contributed by atoms with E-state index in [-0.39, 0.29) is 18.3 Å². The molecular formula is C14H16FNO2. The van der Waals surface area contributed by atoms with E-state index in [0.717, 1.165) is 5.56 Å². The van der Waals surface area contributed by atoms with Crippen molar-refractivity contribution in [1.82, 2.24) is 0 Å². The van der Waals surface area contributed by atoms with E-state index in [1.165, 1.54) is 18.4 Å². The van der Waals surface area contributed by atoms with Gasteiger partial charge in [0.15, 0.2) is 0 Å². The van der Waals surface area contributed by atoms with Crippen LogP contribution in [0.25, 0.3) is 0 Å². The quantitative estimate of drug-likeness (QED) is 0.875. The summed E-state index contributed by atoms with van der Waals surface area (Å²) >= 11 is 0. The fraction of sp³-hybridized carbons (Fsp3) is 0.286. The van der Waals surface area contributed by atoms with Crippen LogP contribution in [0.5, 0.6) is 0 Å². The molecule has 0 bridgehead atoms. The van der Waals surface area contributed by atoms with Gasteiger partial charge in [-0.25, -0.2) is 4.39 Å². The first kappa shape index (κ1) is 12.8. The second kappa shape index (κ2) is 5.33. The summed E-state index contributed by atoms with van der Waals surface area (Å²) < 4.78 is 18.5. The van der Waals surface area contributed by atoms with E-state index in [2.05, 4.69) is 0 Å². The number of aryl methyl sites for hydroxylation is 1. The zero-order chi connectivity index (χ0) is 13.1. The number of halogens is 1. The molecule has 2 aromatic rings. The van der Waals surface area contributed by atoms with Crippen LogP contribution in [0.15, 0.2) is 41.0 Å². The van der Waals surface area contributed by atoms with Gasteiger partial charge in [0.2, 0.25) is 0 Å². The Balaban J connectivity index is 2.32. The number of benzene rings is 1. The lowest BCUT2D eigenvalue weighted by Gasteiger charge is -2.21. The number of rotatable bonds is 4. The second-order valence-corrected chi connectivity index (χ2v) is 4.31. The Morgan fingerprint density at radius 3 is 2.72 bits per heavy atom. The van der Waals surface area contributed by atoms with Crippen LogP contribution in [0, 0.1) is 12.7 Å². The summed E-state index contributed by atoms with van der Waals surface area (Å²) in [4.78, 5) is 0. The van der Waals surface area contributed by atoms with E-state index in [0.29, 0.717) is 11.3 Å². The molecule has 3 nitrogen and oxygen atoms in total. The molecule has 0 spiro atoms. The SMILES string of the molecule is Cc1ccoc1C(O)C(CN)c1cccc(F)c1. The topological polar surface area (TPSA) is 59.4 Å². The Hall–Kier alpha value is -1.65. The van der Waals surface area contributed by atoms with Crippen molar-refractivity contribution in [3.8, 4) is 0 Å². The molecule has 2 unspecified atom stereocenters. The first-order valence-electron chi connectivity index (χ1n) is 5.81. The Morgan fingerprint density at radius 1 is 1.39 bits per heavy atom. The van der Waals surface area contributed by atoms with Crippen molar-refractivity contribution in [1.29, 1.82) is 0 Å². The molecule has 0 amide bonds. The number of aliphatic hydroxyl groups is 1. The fourth-order valence-electron chi connectivity index (χ4n) is 2.05. The molecule has 1 heterocycles. The van der Waals surface area contributed by atoms with Gasteiger partial charge in [0.25, 0.3) is 0 Å². The molecule has 0 saturated carbocycles. The van der Waals surface area contributed by atoms with Gasteiger partial charge in [-0.05, 0) is 36.2 Å². The predicted octanol–water partition coefficient (Wildman–Crippen LogP) is 2.50. The normalized spacial score (nSPS) is 14.4. The van der Waals surface area contributed by atoms with Crippen LogP contribution in [0.3, 0.4) is 0 Å². The van der Waals surface area contributed by atoms with Gasteiger partial charge < -0.3 is 15.3 Å². The molecule has 2 rings (SSSR count). The van der Waals surface area contributed by atoms with Crippen LogP contribution in [0.1, 0.15) is 28.9 Å². The zero-order valence-corrected chi connectivity index (χ0v) is 10.1. The molecule has 0 aliphatic rings. The first-order chi connectivity index (χ1) is 8.63. The molecule has 3 N–H and O–H groups in total. The monoisotopic (exact) mass is 249 g/mol. The third kappa shape index (κ3) is 2.44. The number of nitrogens with two attached hydrogens (primary N) is 1. The maximum Gasteiger partial charge on any atom is 0.135 e. The Kier molecular flexibility index (Phi) is 3.79. The van der Waals surface area contributed by atoms with E-state index in [4.69, 9.17) is 10.2 Å². The molecule has 18 heavy (non-hydrogen) atoms. The molecule has 0 radical (unpaired) electrons. The van der Waals surface area contributed by atoms with Crippen LogP contribution in [0.4, 0.5) is 4.39 Å². The lowest BCUT2D eigenvalue weighted by atomic mass is 9.91. The maximum atomic E-state index is 13.2. The van der Waals surface area contributed by atoms with E-state index in [1.807, 2.05) is 6.92 Å². The Bertz CT molecular complexity index is 524. The van der Waals surface area contributed by atoms with Gasteiger partial charge in [-0.2, -0.15) is 0 Å². The van der Waals surface area contributed by atoms with Crippen LogP contribution < -0.4 is 5.73 Å². The molecule has 4 heteroatoms. The van der Waals surface area contributed by atoms with E-state index in [9.17, 15) is 9.50 Å². The molecule has 2 atom stereocenters. The summed E-state index contributed by atoms with van der Waals surface area (Å²) in [6, 6.07) is 7.88. The summed E-state index contributed by atoms with van der Waals surface area (Å²) in [7, 11) is 0. The number of furan rings is 1. The highest BCUT2D eigenvalue weighted by Crippen LogP contribution is 2.32. The summed E-state index contributed by atoms with van der Waals surface area (Å²) in [6.45, 7) is 2.06. The second-order valence-electron chi connectivity index (χ2n) is 4.31. The highest BCUT2D eigenvalue weighted by Gasteiger charge is 2.25. The van der Waals surface area contributed by atoms with Crippen LogP contribution in [-0.4, -0.2) is 11.7 Å². The van der Waals surface area contributed by atoms with Crippen LogP contribution >= 0.6 is 0 Å². The minimum Gasteiger partial charge on any atom is -0.466 e. The van der Waals surface area contributed by atoms with E-state index < -0.39 is 6.10 Å². The third-order valence-corrected chi connectivity index (χ3v) is 3.08. The highest BCUT2D eigenvalue weighted by molar-refractivity contribution is 5.27. The van der Waals surface area contributed by atoms with Gasteiger partial charge in [0, 0.05) is 12.5 Å². The average molecular weight is 249 g/mol. The van der Waals surface area contributed by atoms with Crippen LogP contribution in [-0.2, 0) is 0 Å². The van der Waals surface area contributed by atoms with Crippen molar-refractivity contribution in [3.63, 3.8) is 0 Å². The minimum absolute atomic E-state index is 0.213. The molecule has 0 fully saturated rings. The first-order valence-corrected chi connectivity index (χ1v) is 5.81. The van der Waals surface area contributed by atoms with Gasteiger partial charge in [0.05, 0.1) is 6.26 Å². The maximum absolute atomic E-state index is 13.2. The summed E-state index contributed by atoms with van der Waals surface area (Å²) in [5, 5.41) is 10.3. The van der Waals surface area contributed by atoms with Gasteiger partial charge in [-0.3, -0.25) is 0 Å². The third-order valence-electron chi connectivity index (χ3n) is 3.08.